The zero-order valence-electron chi connectivity index (χ0n) is 7.77. The second-order valence-corrected chi connectivity index (χ2v) is 4.19. The van der Waals surface area contributed by atoms with E-state index in [-0.39, 0.29) is 6.10 Å². The van der Waals surface area contributed by atoms with Crippen LogP contribution in [0.5, 0.6) is 0 Å². The minimum absolute atomic E-state index is 0.233. The zero-order chi connectivity index (χ0) is 10.1. The maximum Gasteiger partial charge on any atom is 0.109 e. The van der Waals surface area contributed by atoms with Gasteiger partial charge in [0.1, 0.15) is 12.2 Å². The van der Waals surface area contributed by atoms with Crippen molar-refractivity contribution in [3.63, 3.8) is 0 Å². The molecule has 0 fully saturated rings. The fourth-order valence-electron chi connectivity index (χ4n) is 1.65. The quantitative estimate of drug-likeness (QED) is 0.835. The lowest BCUT2D eigenvalue weighted by Gasteiger charge is -2.24. The number of hydrogen-bond donors (Lipinski definition) is 1. The van der Waals surface area contributed by atoms with E-state index in [0.717, 1.165) is 15.6 Å². The van der Waals surface area contributed by atoms with Crippen molar-refractivity contribution in [2.75, 3.05) is 7.11 Å². The molecule has 0 heterocycles. The van der Waals surface area contributed by atoms with Crippen LogP contribution in [0.3, 0.4) is 0 Å². The highest BCUT2D eigenvalue weighted by molar-refractivity contribution is 9.10. The lowest BCUT2D eigenvalue weighted by Crippen LogP contribution is -2.21. The third-order valence-electron chi connectivity index (χ3n) is 2.42. The topological polar surface area (TPSA) is 29.5 Å². The summed E-state index contributed by atoms with van der Waals surface area (Å²) in [5, 5.41) is 9.92. The molecule has 0 radical (unpaired) electrons. The number of ether oxygens (including phenoxy) is 1. The van der Waals surface area contributed by atoms with E-state index >= 15 is 0 Å². The molecule has 14 heavy (non-hydrogen) atoms. The Labute approximate surface area is 91.3 Å². The molecule has 0 saturated carbocycles. The van der Waals surface area contributed by atoms with Crippen LogP contribution in [-0.4, -0.2) is 18.3 Å². The Kier molecular flexibility index (Phi) is 2.72. The first kappa shape index (κ1) is 9.90. The molecule has 0 aromatic heterocycles. The fraction of sp³-hybridized carbons (Fsp3) is 0.273. The van der Waals surface area contributed by atoms with E-state index < -0.39 is 6.10 Å². The molecule has 0 spiro atoms. The van der Waals surface area contributed by atoms with Crippen molar-refractivity contribution in [1.29, 1.82) is 0 Å². The van der Waals surface area contributed by atoms with Crippen LogP contribution in [0.2, 0.25) is 0 Å². The Bertz CT molecular complexity index is 374. The van der Waals surface area contributed by atoms with Gasteiger partial charge in [0.2, 0.25) is 0 Å². The molecule has 0 bridgehead atoms. The Balaban J connectivity index is 2.44. The predicted molar refractivity (Wildman–Crippen MR) is 58.9 cm³/mol. The second kappa shape index (κ2) is 3.85. The van der Waals surface area contributed by atoms with Crippen LogP contribution < -0.4 is 0 Å². The van der Waals surface area contributed by atoms with Crippen LogP contribution in [0.4, 0.5) is 0 Å². The summed E-state index contributed by atoms with van der Waals surface area (Å²) in [6, 6.07) is 5.83. The van der Waals surface area contributed by atoms with Crippen LogP contribution in [0.1, 0.15) is 17.2 Å². The van der Waals surface area contributed by atoms with E-state index in [1.54, 1.807) is 7.11 Å². The van der Waals surface area contributed by atoms with Crippen molar-refractivity contribution < 1.29 is 9.84 Å². The molecule has 2 nitrogen and oxygen atoms in total. The van der Waals surface area contributed by atoms with Crippen LogP contribution in [0.25, 0.3) is 6.08 Å². The highest BCUT2D eigenvalue weighted by Gasteiger charge is 2.23. The smallest absolute Gasteiger partial charge is 0.109 e. The van der Waals surface area contributed by atoms with Crippen molar-refractivity contribution in [2.45, 2.75) is 12.2 Å². The molecule has 0 unspecified atom stereocenters. The average molecular weight is 255 g/mol. The van der Waals surface area contributed by atoms with E-state index in [1.807, 2.05) is 30.4 Å². The molecule has 0 saturated heterocycles. The largest absolute Gasteiger partial charge is 0.385 e. The summed E-state index contributed by atoms with van der Waals surface area (Å²) in [5.74, 6) is 0. The third kappa shape index (κ3) is 1.63. The fourth-order valence-corrected chi connectivity index (χ4v) is 2.03. The van der Waals surface area contributed by atoms with Gasteiger partial charge in [0.25, 0.3) is 0 Å². The minimum Gasteiger partial charge on any atom is -0.385 e. The van der Waals surface area contributed by atoms with E-state index in [2.05, 4.69) is 15.9 Å². The zero-order valence-corrected chi connectivity index (χ0v) is 9.36. The number of benzene rings is 1. The average Bonchev–Trinajstić information content (AvgIpc) is 2.18. The number of aliphatic hydroxyl groups excluding tert-OH is 1. The molecule has 0 aliphatic heterocycles. The van der Waals surface area contributed by atoms with Crippen LogP contribution in [0.15, 0.2) is 28.7 Å². The lowest BCUT2D eigenvalue weighted by atomic mass is 9.93. The van der Waals surface area contributed by atoms with Crippen molar-refractivity contribution in [1.82, 2.24) is 0 Å². The Hall–Kier alpha value is -0.640. The number of halogens is 1. The van der Waals surface area contributed by atoms with Crippen molar-refractivity contribution in [2.24, 2.45) is 0 Å². The maximum absolute atomic E-state index is 9.92. The summed E-state index contributed by atoms with van der Waals surface area (Å²) < 4.78 is 6.16. The molecule has 1 aromatic carbocycles. The van der Waals surface area contributed by atoms with E-state index in [1.165, 1.54) is 0 Å². The molecule has 2 rings (SSSR count). The van der Waals surface area contributed by atoms with Crippen molar-refractivity contribution in [3.8, 4) is 0 Å². The standard InChI is InChI=1S/C11H11BrO2/c1-14-10-5-2-7-6-8(12)3-4-9(7)11(10)13/h2-6,10-11,13H,1H3/t10-,11-/m1/s1. The highest BCUT2D eigenvalue weighted by Crippen LogP contribution is 2.31. The molecule has 1 aliphatic carbocycles. The molecule has 1 N–H and O–H groups in total. The van der Waals surface area contributed by atoms with Gasteiger partial charge in [0.15, 0.2) is 0 Å². The first-order valence-electron chi connectivity index (χ1n) is 4.41. The molecular weight excluding hydrogens is 244 g/mol. The highest BCUT2D eigenvalue weighted by atomic mass is 79.9. The number of fused-ring (bicyclic) bond motifs is 1. The first-order valence-corrected chi connectivity index (χ1v) is 5.20. The van der Waals surface area contributed by atoms with Crippen molar-refractivity contribution >= 4 is 22.0 Å². The number of rotatable bonds is 1. The summed E-state index contributed by atoms with van der Waals surface area (Å²) in [6.45, 7) is 0. The molecule has 2 atom stereocenters. The van der Waals surface area contributed by atoms with Gasteiger partial charge >= 0.3 is 0 Å². The van der Waals surface area contributed by atoms with E-state index in [4.69, 9.17) is 4.74 Å². The summed E-state index contributed by atoms with van der Waals surface area (Å²) in [6.07, 6.45) is 3.05. The van der Waals surface area contributed by atoms with Gasteiger partial charge in [-0.25, -0.2) is 0 Å². The van der Waals surface area contributed by atoms with Gasteiger partial charge in [-0.3, -0.25) is 0 Å². The van der Waals surface area contributed by atoms with Gasteiger partial charge in [-0.15, -0.1) is 0 Å². The Morgan fingerprint density at radius 1 is 1.43 bits per heavy atom. The minimum atomic E-state index is -0.562. The van der Waals surface area contributed by atoms with Gasteiger partial charge < -0.3 is 9.84 Å². The summed E-state index contributed by atoms with van der Waals surface area (Å²) >= 11 is 3.40. The van der Waals surface area contributed by atoms with Gasteiger partial charge in [-0.1, -0.05) is 34.1 Å². The second-order valence-electron chi connectivity index (χ2n) is 3.28. The molecule has 1 aromatic rings. The molecule has 3 heteroatoms. The Morgan fingerprint density at radius 2 is 2.21 bits per heavy atom. The summed E-state index contributed by atoms with van der Waals surface area (Å²) in [5.41, 5.74) is 1.96. The summed E-state index contributed by atoms with van der Waals surface area (Å²) in [4.78, 5) is 0. The Morgan fingerprint density at radius 3 is 2.93 bits per heavy atom. The molecule has 74 valence electrons. The van der Waals surface area contributed by atoms with Gasteiger partial charge in [-0.05, 0) is 23.3 Å². The van der Waals surface area contributed by atoms with Crippen LogP contribution >= 0.6 is 15.9 Å². The molecule has 1 aliphatic rings. The van der Waals surface area contributed by atoms with Gasteiger partial charge in [0, 0.05) is 11.6 Å². The summed E-state index contributed by atoms with van der Waals surface area (Å²) in [7, 11) is 1.60. The molecular formula is C11H11BrO2. The van der Waals surface area contributed by atoms with E-state index in [9.17, 15) is 5.11 Å². The van der Waals surface area contributed by atoms with Crippen LogP contribution in [-0.2, 0) is 4.74 Å². The number of hydrogen-bond acceptors (Lipinski definition) is 2. The number of methoxy groups -OCH3 is 1. The SMILES string of the molecule is CO[C@@H]1C=Cc2cc(Br)ccc2[C@H]1O. The van der Waals surface area contributed by atoms with E-state index in [0.29, 0.717) is 0 Å². The monoisotopic (exact) mass is 254 g/mol. The molecule has 0 amide bonds. The van der Waals surface area contributed by atoms with Gasteiger partial charge in [-0.2, -0.15) is 0 Å². The third-order valence-corrected chi connectivity index (χ3v) is 2.91. The van der Waals surface area contributed by atoms with Crippen LogP contribution in [0, 0.1) is 0 Å². The number of aliphatic hydroxyl groups is 1. The predicted octanol–water partition coefficient (Wildman–Crippen LogP) is 2.52. The maximum atomic E-state index is 9.92. The lowest BCUT2D eigenvalue weighted by molar-refractivity contribution is 0.0150. The van der Waals surface area contributed by atoms with Gasteiger partial charge in [0.05, 0.1) is 0 Å². The normalized spacial score (nSPS) is 24.8. The first-order chi connectivity index (χ1) is 6.72. The van der Waals surface area contributed by atoms with Crippen molar-refractivity contribution in [3.05, 3.63) is 39.9 Å².